The average molecular weight is 776 g/mol. The summed E-state index contributed by atoms with van der Waals surface area (Å²) in [4.78, 5) is 6.13. The number of benzene rings is 3. The molecule has 3 aromatic heterocycles. The van der Waals surface area contributed by atoms with E-state index in [1.54, 1.807) is 24.5 Å². The zero-order valence-corrected chi connectivity index (χ0v) is 32.1. The van der Waals surface area contributed by atoms with Crippen molar-refractivity contribution in [2.24, 2.45) is 0 Å². The van der Waals surface area contributed by atoms with E-state index in [1.807, 2.05) is 48.5 Å². The lowest BCUT2D eigenvalue weighted by molar-refractivity contribution is -0.254. The van der Waals surface area contributed by atoms with Crippen molar-refractivity contribution >= 4 is 55.4 Å². The van der Waals surface area contributed by atoms with Crippen LogP contribution in [-0.2, 0) is 19.3 Å². The Labute approximate surface area is 320 Å². The quantitative estimate of drug-likeness (QED) is 0.0575. The SMILES string of the molecule is CCCCCCc1sc(Cc2c3ccccc3cc3ccccc23)cc1C1=C(c2cc(-c3ccncc3)sc2CCCCCC)C(F)(F)C(F)(F)C1(F)F. The molecule has 7 rings (SSSR count). The molecule has 0 amide bonds. The number of aryl methyl sites for hydroxylation is 2. The van der Waals surface area contributed by atoms with Gasteiger partial charge in [-0.2, -0.15) is 26.3 Å². The van der Waals surface area contributed by atoms with E-state index in [9.17, 15) is 0 Å². The van der Waals surface area contributed by atoms with Gasteiger partial charge >= 0.3 is 17.8 Å². The summed E-state index contributed by atoms with van der Waals surface area (Å²) in [6.07, 6.45) is 10.7. The Morgan fingerprint density at radius 1 is 0.574 bits per heavy atom. The third kappa shape index (κ3) is 6.91. The number of aromatic nitrogens is 1. The molecule has 0 aliphatic heterocycles. The summed E-state index contributed by atoms with van der Waals surface area (Å²) >= 11 is 2.48. The number of fused-ring (bicyclic) bond motifs is 2. The molecule has 6 aromatic rings. The van der Waals surface area contributed by atoms with E-state index < -0.39 is 28.9 Å². The lowest BCUT2D eigenvalue weighted by Crippen LogP contribution is -2.49. The maximum atomic E-state index is 16.5. The van der Waals surface area contributed by atoms with Gasteiger partial charge in [-0.25, -0.2) is 0 Å². The van der Waals surface area contributed by atoms with Crippen molar-refractivity contribution in [2.45, 2.75) is 102 Å². The fourth-order valence-electron chi connectivity index (χ4n) is 7.78. The first-order chi connectivity index (χ1) is 26.0. The topological polar surface area (TPSA) is 12.9 Å². The van der Waals surface area contributed by atoms with E-state index in [-0.39, 0.29) is 11.1 Å². The van der Waals surface area contributed by atoms with Crippen LogP contribution in [-0.4, -0.2) is 22.8 Å². The fourth-order valence-corrected chi connectivity index (χ4v) is 10.2. The van der Waals surface area contributed by atoms with Gasteiger partial charge in [-0.05, 0) is 99.8 Å². The normalized spacial score (nSPS) is 16.2. The summed E-state index contributed by atoms with van der Waals surface area (Å²) in [6, 6.07) is 24.3. The van der Waals surface area contributed by atoms with Crippen LogP contribution < -0.4 is 0 Å². The minimum atomic E-state index is -5.63. The number of rotatable bonds is 15. The van der Waals surface area contributed by atoms with Crippen LogP contribution in [0.25, 0.3) is 43.1 Å². The van der Waals surface area contributed by atoms with Gasteiger partial charge < -0.3 is 0 Å². The molecule has 282 valence electrons. The summed E-state index contributed by atoms with van der Waals surface area (Å²) in [5.41, 5.74) is -1.22. The molecule has 0 N–H and O–H groups in total. The Bertz CT molecular complexity index is 2230. The van der Waals surface area contributed by atoms with Gasteiger partial charge in [0.1, 0.15) is 0 Å². The molecule has 0 fully saturated rings. The summed E-state index contributed by atoms with van der Waals surface area (Å²) in [5.74, 6) is -15.9. The Balaban J connectivity index is 1.44. The van der Waals surface area contributed by atoms with E-state index in [0.29, 0.717) is 57.2 Å². The van der Waals surface area contributed by atoms with E-state index >= 15 is 26.3 Å². The number of hydrogen-bond donors (Lipinski definition) is 0. The predicted molar refractivity (Wildman–Crippen MR) is 213 cm³/mol. The van der Waals surface area contributed by atoms with Crippen molar-refractivity contribution in [3.63, 3.8) is 0 Å². The van der Waals surface area contributed by atoms with Gasteiger partial charge in [0.05, 0.1) is 0 Å². The van der Waals surface area contributed by atoms with Crippen molar-refractivity contribution in [1.29, 1.82) is 0 Å². The lowest BCUT2D eigenvalue weighted by atomic mass is 9.91. The van der Waals surface area contributed by atoms with Gasteiger partial charge in [0.15, 0.2) is 0 Å². The highest BCUT2D eigenvalue weighted by Gasteiger charge is 2.80. The number of allylic oxidation sites excluding steroid dienone is 2. The monoisotopic (exact) mass is 775 g/mol. The van der Waals surface area contributed by atoms with Crippen LogP contribution in [0.1, 0.15) is 96.5 Å². The number of nitrogens with zero attached hydrogens (tertiary/aromatic N) is 1. The minimum Gasteiger partial charge on any atom is -0.265 e. The smallest absolute Gasteiger partial charge is 0.265 e. The first-order valence-electron chi connectivity index (χ1n) is 18.9. The molecule has 0 radical (unpaired) electrons. The van der Waals surface area contributed by atoms with Crippen LogP contribution in [0.3, 0.4) is 0 Å². The van der Waals surface area contributed by atoms with E-state index in [1.165, 1.54) is 34.8 Å². The predicted octanol–water partition coefficient (Wildman–Crippen LogP) is 14.8. The third-order valence-corrected chi connectivity index (χ3v) is 13.0. The first kappa shape index (κ1) is 38.3. The van der Waals surface area contributed by atoms with Gasteiger partial charge in [-0.15, -0.1) is 22.7 Å². The summed E-state index contributed by atoms with van der Waals surface area (Å²) in [6.45, 7) is 4.11. The van der Waals surface area contributed by atoms with Crippen molar-refractivity contribution in [3.8, 4) is 10.4 Å². The van der Waals surface area contributed by atoms with Gasteiger partial charge in [0.2, 0.25) is 0 Å². The van der Waals surface area contributed by atoms with Crippen LogP contribution >= 0.6 is 22.7 Å². The standard InChI is InChI=1S/C45H43F6NS2/c1-3-5-7-9-19-38-36(27-32(53-38)26-35-33-17-13-11-15-30(33)25-31-16-12-14-18-34(31)35)41-42(44(48,49)45(50,51)43(41,46)47)37-28-40(29-21-23-52-24-22-29)54-39(37)20-10-8-6-4-2/h11-18,21-25,27-28H,3-10,19-20,26H2,1-2H3. The van der Waals surface area contributed by atoms with Gasteiger partial charge in [-0.3, -0.25) is 4.98 Å². The van der Waals surface area contributed by atoms with Crippen LogP contribution in [0.15, 0.2) is 91.3 Å². The summed E-state index contributed by atoms with van der Waals surface area (Å²) in [7, 11) is 0. The molecule has 0 unspecified atom stereocenters. The number of hydrogen-bond acceptors (Lipinski definition) is 3. The molecule has 0 spiro atoms. The average Bonchev–Trinajstić information content (AvgIpc) is 3.79. The first-order valence-corrected chi connectivity index (χ1v) is 20.6. The second-order valence-electron chi connectivity index (χ2n) is 14.3. The molecule has 0 saturated carbocycles. The highest BCUT2D eigenvalue weighted by molar-refractivity contribution is 7.15. The molecule has 54 heavy (non-hydrogen) atoms. The molecule has 0 saturated heterocycles. The number of alkyl halides is 6. The van der Waals surface area contributed by atoms with Crippen LogP contribution in [0.5, 0.6) is 0 Å². The fraction of sp³-hybridized carbons (Fsp3) is 0.356. The van der Waals surface area contributed by atoms with Crippen LogP contribution in [0.4, 0.5) is 26.3 Å². The third-order valence-electron chi connectivity index (χ3n) is 10.6. The Morgan fingerprint density at radius 2 is 1.09 bits per heavy atom. The highest BCUT2D eigenvalue weighted by Crippen LogP contribution is 2.66. The molecule has 3 aromatic carbocycles. The zero-order chi connectivity index (χ0) is 38.1. The lowest BCUT2D eigenvalue weighted by Gasteiger charge is -2.26. The van der Waals surface area contributed by atoms with Crippen molar-refractivity contribution < 1.29 is 26.3 Å². The van der Waals surface area contributed by atoms with Gasteiger partial charge in [0.25, 0.3) is 0 Å². The number of unbranched alkanes of at least 4 members (excludes halogenated alkanes) is 6. The molecular formula is C45H43F6NS2. The molecule has 3 heterocycles. The van der Waals surface area contributed by atoms with Crippen molar-refractivity contribution in [2.75, 3.05) is 0 Å². The molecule has 0 atom stereocenters. The maximum absolute atomic E-state index is 16.5. The Morgan fingerprint density at radius 3 is 1.65 bits per heavy atom. The van der Waals surface area contributed by atoms with E-state index in [2.05, 4.69) is 24.9 Å². The summed E-state index contributed by atoms with van der Waals surface area (Å²) in [5, 5.41) is 4.02. The second-order valence-corrected chi connectivity index (χ2v) is 16.7. The van der Waals surface area contributed by atoms with Crippen LogP contribution in [0.2, 0.25) is 0 Å². The molecule has 1 nitrogen and oxygen atoms in total. The molecule has 9 heteroatoms. The van der Waals surface area contributed by atoms with Gasteiger partial charge in [-0.1, -0.05) is 101 Å². The molecule has 1 aliphatic carbocycles. The minimum absolute atomic E-state index is 0.179. The summed E-state index contributed by atoms with van der Waals surface area (Å²) < 4.78 is 97.5. The zero-order valence-electron chi connectivity index (χ0n) is 30.5. The molecule has 0 bridgehead atoms. The Hall–Kier alpha value is -3.95. The van der Waals surface area contributed by atoms with Crippen LogP contribution in [0, 0.1) is 0 Å². The van der Waals surface area contributed by atoms with E-state index in [4.69, 9.17) is 0 Å². The highest BCUT2D eigenvalue weighted by atomic mass is 32.1. The maximum Gasteiger partial charge on any atom is 0.380 e. The van der Waals surface area contributed by atoms with E-state index in [0.717, 1.165) is 65.6 Å². The number of halogens is 6. The number of thiophene rings is 2. The van der Waals surface area contributed by atoms with Crippen molar-refractivity contribution in [1.82, 2.24) is 4.98 Å². The molecular weight excluding hydrogens is 733 g/mol. The van der Waals surface area contributed by atoms with Gasteiger partial charge in [0, 0.05) is 49.5 Å². The Kier molecular flexibility index (Phi) is 11.1. The largest absolute Gasteiger partial charge is 0.380 e. The number of pyridine rings is 1. The molecule has 1 aliphatic rings. The van der Waals surface area contributed by atoms with Crippen molar-refractivity contribution in [3.05, 3.63) is 123 Å². The second kappa shape index (κ2) is 15.7.